The molecule has 0 spiro atoms. The monoisotopic (exact) mass is 331 g/mol. The van der Waals surface area contributed by atoms with Crippen LogP contribution in [0.25, 0.3) is 0 Å². The molecule has 2 rings (SSSR count). The highest BCUT2D eigenvalue weighted by Crippen LogP contribution is 2.22. The first-order valence-corrected chi connectivity index (χ1v) is 9.61. The maximum absolute atomic E-state index is 12.3. The van der Waals surface area contributed by atoms with Crippen LogP contribution in [0.2, 0.25) is 0 Å². The molecule has 0 aliphatic carbocycles. The third-order valence-corrected chi connectivity index (χ3v) is 5.96. The molecule has 21 heavy (non-hydrogen) atoms. The van der Waals surface area contributed by atoms with Gasteiger partial charge >= 0.3 is 0 Å². The fourth-order valence-corrected chi connectivity index (χ4v) is 4.11. The van der Waals surface area contributed by atoms with Crippen molar-refractivity contribution in [3.63, 3.8) is 0 Å². The number of hydrogen-bond donors (Lipinski definition) is 1. The summed E-state index contributed by atoms with van der Waals surface area (Å²) in [5, 5.41) is 3.81. The fourth-order valence-electron chi connectivity index (χ4n) is 2.42. The molecule has 1 aliphatic rings. The van der Waals surface area contributed by atoms with Gasteiger partial charge in [0.15, 0.2) is 0 Å². The zero-order chi connectivity index (χ0) is 15.6. The molecule has 0 radical (unpaired) electrons. The second-order valence-electron chi connectivity index (χ2n) is 5.50. The lowest BCUT2D eigenvalue weighted by Gasteiger charge is -2.30. The number of piperidine rings is 1. The Morgan fingerprint density at radius 1 is 1.57 bits per heavy atom. The number of carbonyl (C=O) groups is 1. The highest BCUT2D eigenvalue weighted by atomic mass is 32.2. The first-order chi connectivity index (χ1) is 9.77. The summed E-state index contributed by atoms with van der Waals surface area (Å²) >= 11 is 1.56. The Labute approximate surface area is 129 Å². The maximum Gasteiger partial charge on any atom is 0.224 e. The van der Waals surface area contributed by atoms with Crippen LogP contribution < -0.4 is 5.32 Å². The molecule has 8 heteroatoms. The third-order valence-electron chi connectivity index (χ3n) is 3.59. The van der Waals surface area contributed by atoms with Gasteiger partial charge in [-0.05, 0) is 26.7 Å². The average molecular weight is 331 g/mol. The molecule has 6 nitrogen and oxygen atoms in total. The van der Waals surface area contributed by atoms with E-state index < -0.39 is 10.0 Å². The van der Waals surface area contributed by atoms with Gasteiger partial charge in [0.2, 0.25) is 15.9 Å². The van der Waals surface area contributed by atoms with E-state index in [2.05, 4.69) is 10.3 Å². The fraction of sp³-hybridized carbons (Fsp3) is 0.692. The van der Waals surface area contributed by atoms with Crippen LogP contribution in [-0.2, 0) is 14.8 Å². The van der Waals surface area contributed by atoms with Crippen molar-refractivity contribution in [2.24, 2.45) is 5.92 Å². The van der Waals surface area contributed by atoms with Crippen molar-refractivity contribution in [2.75, 3.05) is 19.3 Å². The Balaban J connectivity index is 1.97. The summed E-state index contributed by atoms with van der Waals surface area (Å²) in [6.45, 7) is 4.65. The summed E-state index contributed by atoms with van der Waals surface area (Å²) in [6, 6.07) is -0.148. The van der Waals surface area contributed by atoms with Crippen molar-refractivity contribution in [1.29, 1.82) is 0 Å². The predicted molar refractivity (Wildman–Crippen MR) is 82.5 cm³/mol. The summed E-state index contributed by atoms with van der Waals surface area (Å²) in [5.74, 6) is -0.374. The van der Waals surface area contributed by atoms with E-state index in [1.807, 2.05) is 13.8 Å². The van der Waals surface area contributed by atoms with Crippen LogP contribution in [0.15, 0.2) is 6.20 Å². The van der Waals surface area contributed by atoms with Gasteiger partial charge in [0.1, 0.15) is 5.01 Å². The molecule has 118 valence electrons. The first-order valence-electron chi connectivity index (χ1n) is 6.95. The van der Waals surface area contributed by atoms with Crippen molar-refractivity contribution in [3.05, 3.63) is 16.1 Å². The van der Waals surface area contributed by atoms with E-state index in [1.54, 1.807) is 17.5 Å². The zero-order valence-corrected chi connectivity index (χ0v) is 14.1. The van der Waals surface area contributed by atoms with Gasteiger partial charge in [-0.1, -0.05) is 0 Å². The van der Waals surface area contributed by atoms with E-state index in [9.17, 15) is 13.2 Å². The van der Waals surface area contributed by atoms with Gasteiger partial charge in [-0.2, -0.15) is 0 Å². The smallest absolute Gasteiger partial charge is 0.224 e. The van der Waals surface area contributed by atoms with Crippen LogP contribution >= 0.6 is 11.3 Å². The van der Waals surface area contributed by atoms with E-state index in [1.165, 1.54) is 10.6 Å². The minimum absolute atomic E-state index is 0.0938. The number of amides is 1. The van der Waals surface area contributed by atoms with Gasteiger partial charge in [0.05, 0.1) is 18.2 Å². The Morgan fingerprint density at radius 3 is 2.86 bits per heavy atom. The largest absolute Gasteiger partial charge is 0.347 e. The van der Waals surface area contributed by atoms with Crippen molar-refractivity contribution >= 4 is 27.3 Å². The SMILES string of the molecule is Cc1cnc(C(C)NC(=O)C2CCCN(S(C)(=O)=O)C2)s1. The van der Waals surface area contributed by atoms with E-state index in [0.29, 0.717) is 6.54 Å². The molecule has 2 unspecified atom stereocenters. The van der Waals surface area contributed by atoms with Gasteiger partial charge < -0.3 is 5.32 Å². The van der Waals surface area contributed by atoms with Gasteiger partial charge in [0.25, 0.3) is 0 Å². The second-order valence-corrected chi connectivity index (χ2v) is 8.75. The molecule has 1 saturated heterocycles. The van der Waals surface area contributed by atoms with Gasteiger partial charge in [-0.25, -0.2) is 17.7 Å². The number of thiazole rings is 1. The maximum atomic E-state index is 12.3. The predicted octanol–water partition coefficient (Wildman–Crippen LogP) is 1.30. The quantitative estimate of drug-likeness (QED) is 0.902. The number of aryl methyl sites for hydroxylation is 1. The number of carbonyl (C=O) groups excluding carboxylic acids is 1. The molecule has 0 aromatic carbocycles. The normalized spacial score (nSPS) is 22.0. The lowest BCUT2D eigenvalue weighted by molar-refractivity contribution is -0.126. The lowest BCUT2D eigenvalue weighted by Crippen LogP contribution is -2.45. The Morgan fingerprint density at radius 2 is 2.29 bits per heavy atom. The molecule has 2 atom stereocenters. The number of aromatic nitrogens is 1. The average Bonchev–Trinajstić information content (AvgIpc) is 2.84. The van der Waals surface area contributed by atoms with Crippen LogP contribution in [0.3, 0.4) is 0 Å². The van der Waals surface area contributed by atoms with Crippen molar-refractivity contribution in [2.45, 2.75) is 32.7 Å². The van der Waals surface area contributed by atoms with Crippen LogP contribution in [0, 0.1) is 12.8 Å². The van der Waals surface area contributed by atoms with Crippen molar-refractivity contribution in [3.8, 4) is 0 Å². The third kappa shape index (κ3) is 4.24. The highest BCUT2D eigenvalue weighted by Gasteiger charge is 2.30. The summed E-state index contributed by atoms with van der Waals surface area (Å²) in [7, 11) is -3.23. The second kappa shape index (κ2) is 6.41. The minimum atomic E-state index is -3.23. The molecule has 1 fully saturated rings. The molecular weight excluding hydrogens is 310 g/mol. The van der Waals surface area contributed by atoms with E-state index in [4.69, 9.17) is 0 Å². The number of sulfonamides is 1. The molecule has 0 bridgehead atoms. The van der Waals surface area contributed by atoms with E-state index >= 15 is 0 Å². The summed E-state index contributed by atoms with van der Waals surface area (Å²) in [4.78, 5) is 17.7. The van der Waals surface area contributed by atoms with Crippen LogP contribution in [-0.4, -0.2) is 43.0 Å². The van der Waals surface area contributed by atoms with Gasteiger partial charge in [-0.15, -0.1) is 11.3 Å². The molecule has 2 heterocycles. The lowest BCUT2D eigenvalue weighted by atomic mass is 9.98. The Bertz CT molecular complexity index is 612. The molecule has 1 aromatic rings. The standard InChI is InChI=1S/C13H21N3O3S2/c1-9-7-14-13(20-9)10(2)15-12(17)11-5-4-6-16(8-11)21(3,18)19/h7,10-11H,4-6,8H2,1-3H3,(H,15,17). The van der Waals surface area contributed by atoms with E-state index in [-0.39, 0.29) is 24.4 Å². The summed E-state index contributed by atoms with van der Waals surface area (Å²) in [5.41, 5.74) is 0. The number of nitrogens with zero attached hydrogens (tertiary/aromatic N) is 2. The minimum Gasteiger partial charge on any atom is -0.347 e. The van der Waals surface area contributed by atoms with Crippen LogP contribution in [0.1, 0.15) is 35.7 Å². The summed E-state index contributed by atoms with van der Waals surface area (Å²) < 4.78 is 24.6. The molecular formula is C13H21N3O3S2. The molecule has 0 saturated carbocycles. The number of hydrogen-bond acceptors (Lipinski definition) is 5. The van der Waals surface area contributed by atoms with Crippen molar-refractivity contribution < 1.29 is 13.2 Å². The first kappa shape index (κ1) is 16.4. The van der Waals surface area contributed by atoms with E-state index in [0.717, 1.165) is 22.7 Å². The molecule has 1 amide bonds. The molecule has 1 N–H and O–H groups in total. The topological polar surface area (TPSA) is 79.4 Å². The van der Waals surface area contributed by atoms with Crippen molar-refractivity contribution in [1.82, 2.24) is 14.6 Å². The number of nitrogens with one attached hydrogen (secondary N) is 1. The zero-order valence-electron chi connectivity index (χ0n) is 12.5. The Hall–Kier alpha value is -0.990. The highest BCUT2D eigenvalue weighted by molar-refractivity contribution is 7.88. The number of rotatable bonds is 4. The summed E-state index contributed by atoms with van der Waals surface area (Å²) in [6.07, 6.45) is 4.42. The van der Waals surface area contributed by atoms with Gasteiger partial charge in [0, 0.05) is 24.2 Å². The molecule has 1 aliphatic heterocycles. The van der Waals surface area contributed by atoms with Crippen LogP contribution in [0.5, 0.6) is 0 Å². The van der Waals surface area contributed by atoms with Crippen LogP contribution in [0.4, 0.5) is 0 Å². The Kier molecular flexibility index (Phi) is 5.00. The molecule has 1 aromatic heterocycles. The van der Waals surface area contributed by atoms with Gasteiger partial charge in [-0.3, -0.25) is 4.79 Å².